The van der Waals surface area contributed by atoms with Crippen LogP contribution in [0.2, 0.25) is 0 Å². The molecule has 1 aliphatic rings. The summed E-state index contributed by atoms with van der Waals surface area (Å²) in [4.78, 5) is 28.6. The van der Waals surface area contributed by atoms with Gasteiger partial charge in [-0.1, -0.05) is 115 Å². The van der Waals surface area contributed by atoms with E-state index >= 15 is 0 Å². The highest BCUT2D eigenvalue weighted by Crippen LogP contribution is 2.70. The van der Waals surface area contributed by atoms with Crippen LogP contribution in [0, 0.1) is 5.92 Å². The summed E-state index contributed by atoms with van der Waals surface area (Å²) in [5.74, 6) is -2.56. The molecule has 5 aromatic rings. The molecule has 0 amide bonds. The highest BCUT2D eigenvalue weighted by atomic mass is 31.2. The molecule has 1 aliphatic carbocycles. The molecule has 2 unspecified atom stereocenters. The lowest BCUT2D eigenvalue weighted by Gasteiger charge is -2.39. The normalized spacial score (nSPS) is 14.2. The minimum absolute atomic E-state index is 0.0272. The molecule has 5 heteroatoms. The van der Waals surface area contributed by atoms with E-state index in [9.17, 15) is 14.7 Å². The van der Waals surface area contributed by atoms with Gasteiger partial charge < -0.3 is 9.84 Å². The zero-order chi connectivity index (χ0) is 29.8. The molecule has 0 saturated carbocycles. The highest BCUT2D eigenvalue weighted by Gasteiger charge is 2.59. The van der Waals surface area contributed by atoms with Gasteiger partial charge in [0.1, 0.15) is 34.8 Å². The van der Waals surface area contributed by atoms with Crippen molar-refractivity contribution in [1.29, 1.82) is 0 Å². The van der Waals surface area contributed by atoms with E-state index in [4.69, 9.17) is 4.74 Å². The van der Waals surface area contributed by atoms with E-state index in [-0.39, 0.29) is 12.2 Å². The van der Waals surface area contributed by atoms with Crippen LogP contribution in [0.5, 0.6) is 0 Å². The number of esters is 1. The number of carbonyl (C=O) groups is 2. The van der Waals surface area contributed by atoms with Gasteiger partial charge >= 0.3 is 5.97 Å². The van der Waals surface area contributed by atoms with E-state index in [1.54, 1.807) is 31.2 Å². The number of hydrogen-bond acceptors (Lipinski definition) is 4. The second kappa shape index (κ2) is 12.2. The van der Waals surface area contributed by atoms with Crippen LogP contribution in [-0.4, -0.2) is 18.4 Å². The average Bonchev–Trinajstić information content (AvgIpc) is 3.32. The first-order valence-corrected chi connectivity index (χ1v) is 16.3. The summed E-state index contributed by atoms with van der Waals surface area (Å²) >= 11 is 0. The van der Waals surface area contributed by atoms with Crippen molar-refractivity contribution in [2.75, 3.05) is 6.61 Å². The molecule has 0 bridgehead atoms. The number of hydrogen-bond donors (Lipinski definition) is 0. The molecule has 0 aliphatic heterocycles. The molecular formula is C38H31O4P. The fourth-order valence-electron chi connectivity index (χ4n) is 6.40. The minimum Gasteiger partial charge on any atom is -0.872 e. The molecule has 0 heterocycles. The molecule has 0 fully saturated rings. The van der Waals surface area contributed by atoms with Gasteiger partial charge in [-0.2, -0.15) is 0 Å². The Morgan fingerprint density at radius 3 is 1.51 bits per heavy atom. The predicted molar refractivity (Wildman–Crippen MR) is 172 cm³/mol. The van der Waals surface area contributed by atoms with Crippen LogP contribution in [0.25, 0.3) is 5.76 Å². The third-order valence-corrected chi connectivity index (χ3v) is 12.9. The van der Waals surface area contributed by atoms with Crippen LogP contribution in [0.3, 0.4) is 0 Å². The van der Waals surface area contributed by atoms with Crippen LogP contribution in [0.1, 0.15) is 34.1 Å². The minimum atomic E-state index is -2.85. The van der Waals surface area contributed by atoms with Crippen molar-refractivity contribution in [1.82, 2.24) is 0 Å². The molecule has 5 aromatic carbocycles. The Labute approximate surface area is 252 Å². The summed E-state index contributed by atoms with van der Waals surface area (Å²) in [6.45, 7) is 1.87. The van der Waals surface area contributed by atoms with E-state index in [1.165, 1.54) is 0 Å². The largest absolute Gasteiger partial charge is 0.872 e. The molecule has 6 rings (SSSR count). The molecular weight excluding hydrogens is 551 g/mol. The predicted octanol–water partition coefficient (Wildman–Crippen LogP) is 5.87. The van der Waals surface area contributed by atoms with Crippen LogP contribution in [-0.2, 0) is 9.53 Å². The van der Waals surface area contributed by atoms with Crippen molar-refractivity contribution >= 4 is 40.7 Å². The van der Waals surface area contributed by atoms with Crippen molar-refractivity contribution < 1.29 is 19.4 Å². The summed E-state index contributed by atoms with van der Waals surface area (Å²) in [5.41, 5.74) is 0.852. The second-order valence-electron chi connectivity index (χ2n) is 10.4. The molecule has 2 atom stereocenters. The summed E-state index contributed by atoms with van der Waals surface area (Å²) in [6, 6.07) is 47.2. The Balaban J connectivity index is 1.77. The molecule has 0 spiro atoms. The lowest BCUT2D eigenvalue weighted by atomic mass is 9.88. The molecule has 0 aromatic heterocycles. The van der Waals surface area contributed by atoms with Crippen molar-refractivity contribution in [3.05, 3.63) is 168 Å². The van der Waals surface area contributed by atoms with Crippen LogP contribution >= 0.6 is 7.26 Å². The number of fused-ring (bicyclic) bond motifs is 1. The number of rotatable bonds is 9. The quantitative estimate of drug-likeness (QED) is 0.161. The van der Waals surface area contributed by atoms with Gasteiger partial charge in [0, 0.05) is 11.1 Å². The maximum atomic E-state index is 14.4. The molecule has 212 valence electrons. The summed E-state index contributed by atoms with van der Waals surface area (Å²) in [5, 5.41) is 17.3. The fraction of sp³-hybridized carbons (Fsp3) is 0.105. The average molecular weight is 583 g/mol. The second-order valence-corrected chi connectivity index (χ2v) is 14.0. The smallest absolute Gasteiger partial charge is 0.317 e. The molecule has 0 saturated heterocycles. The highest BCUT2D eigenvalue weighted by molar-refractivity contribution is 7.96. The molecule has 0 N–H and O–H groups in total. The topological polar surface area (TPSA) is 66.4 Å². The number of Topliss-reactive ketones (excluding diaryl/α,β-unsaturated/α-hetero) is 1. The zero-order valence-corrected chi connectivity index (χ0v) is 24.7. The fourth-order valence-corrected chi connectivity index (χ4v) is 11.5. The van der Waals surface area contributed by atoms with Gasteiger partial charge in [-0.05, 0) is 54.4 Å². The Bertz CT molecular complexity index is 1670. The Morgan fingerprint density at radius 2 is 1.07 bits per heavy atom. The third-order valence-electron chi connectivity index (χ3n) is 8.12. The van der Waals surface area contributed by atoms with Gasteiger partial charge in [0.05, 0.1) is 6.61 Å². The van der Waals surface area contributed by atoms with Gasteiger partial charge in [-0.25, -0.2) is 0 Å². The number of ether oxygens (including phenoxy) is 1. The SMILES string of the molecule is CCOC(=O)C(C1=C([O-])c2ccccc2C1=O)C(c1ccccc1)[P+](c1ccccc1)(c1ccccc1)c1ccccc1. The first-order valence-electron chi connectivity index (χ1n) is 14.4. The van der Waals surface area contributed by atoms with Crippen LogP contribution < -0.4 is 21.0 Å². The zero-order valence-electron chi connectivity index (χ0n) is 23.8. The van der Waals surface area contributed by atoms with Gasteiger partial charge in [0.25, 0.3) is 0 Å². The van der Waals surface area contributed by atoms with E-state index < -0.39 is 36.4 Å². The lowest BCUT2D eigenvalue weighted by Crippen LogP contribution is -2.41. The molecule has 0 radical (unpaired) electrons. The third kappa shape index (κ3) is 4.88. The van der Waals surface area contributed by atoms with E-state index in [2.05, 4.69) is 36.4 Å². The Morgan fingerprint density at radius 1 is 0.651 bits per heavy atom. The van der Waals surface area contributed by atoms with Gasteiger partial charge in [0.15, 0.2) is 5.78 Å². The maximum Gasteiger partial charge on any atom is 0.317 e. The summed E-state index contributed by atoms with van der Waals surface area (Å²) < 4.78 is 5.77. The van der Waals surface area contributed by atoms with Crippen molar-refractivity contribution in [3.8, 4) is 0 Å². The van der Waals surface area contributed by atoms with Crippen molar-refractivity contribution in [2.24, 2.45) is 5.92 Å². The van der Waals surface area contributed by atoms with Crippen molar-refractivity contribution in [2.45, 2.75) is 12.6 Å². The number of benzene rings is 5. The van der Waals surface area contributed by atoms with E-state index in [0.29, 0.717) is 11.1 Å². The van der Waals surface area contributed by atoms with Gasteiger partial charge in [-0.15, -0.1) is 0 Å². The lowest BCUT2D eigenvalue weighted by molar-refractivity contribution is -0.244. The number of carbonyl (C=O) groups excluding carboxylic acids is 2. The first-order chi connectivity index (χ1) is 21.1. The van der Waals surface area contributed by atoms with Gasteiger partial charge in [-0.3, -0.25) is 9.59 Å². The van der Waals surface area contributed by atoms with Crippen LogP contribution in [0.15, 0.2) is 151 Å². The van der Waals surface area contributed by atoms with Crippen LogP contribution in [0.4, 0.5) is 0 Å². The van der Waals surface area contributed by atoms with Crippen molar-refractivity contribution in [3.63, 3.8) is 0 Å². The Hall–Kier alpha value is -4.79. The molecule has 43 heavy (non-hydrogen) atoms. The monoisotopic (exact) mass is 582 g/mol. The van der Waals surface area contributed by atoms with E-state index in [1.807, 2.05) is 84.9 Å². The summed E-state index contributed by atoms with van der Waals surface area (Å²) in [7, 11) is -2.85. The first kappa shape index (κ1) is 28.3. The maximum absolute atomic E-state index is 14.4. The summed E-state index contributed by atoms with van der Waals surface area (Å²) in [6.07, 6.45) is 0. The van der Waals surface area contributed by atoms with Gasteiger partial charge in [0.2, 0.25) is 0 Å². The number of ketones is 1. The standard InChI is InChI=1S/C38H31O4P/c1-2-42-38(41)34(33-35(39)31-25-15-16-26-32(31)36(33)40)37(27-17-7-3-8-18-27)43(28-19-9-4-10-20-28,29-21-11-5-12-22-29)30-23-13-6-14-24-30/h3-26,34,37H,2H2,1H3. The molecule has 4 nitrogen and oxygen atoms in total. The Kier molecular flexibility index (Phi) is 8.05. The van der Waals surface area contributed by atoms with E-state index in [0.717, 1.165) is 21.5 Å².